The Morgan fingerprint density at radius 1 is 1.20 bits per heavy atom. The van der Waals surface area contributed by atoms with Crippen LogP contribution in [0.4, 0.5) is 4.79 Å². The number of ether oxygens (including phenoxy) is 2. The lowest BCUT2D eigenvalue weighted by atomic mass is 9.99. The molecule has 8 heteroatoms. The molecule has 1 atom stereocenters. The number of carbonyl (C=O) groups excluding carboxylic acids is 1. The fraction of sp³-hybridized carbons (Fsp3) is 0.500. The van der Waals surface area contributed by atoms with Gasteiger partial charge in [-0.15, -0.1) is 0 Å². The summed E-state index contributed by atoms with van der Waals surface area (Å²) in [5.41, 5.74) is 3.64. The quantitative estimate of drug-likeness (QED) is 0.656. The van der Waals surface area contributed by atoms with Crippen molar-refractivity contribution in [2.45, 2.75) is 39.2 Å². The molecule has 3 aromatic rings. The van der Waals surface area contributed by atoms with Gasteiger partial charge < -0.3 is 14.4 Å². The van der Waals surface area contributed by atoms with Crippen LogP contribution in [0.15, 0.2) is 30.9 Å². The van der Waals surface area contributed by atoms with Crippen molar-refractivity contribution < 1.29 is 14.3 Å². The summed E-state index contributed by atoms with van der Waals surface area (Å²) in [6, 6.07) is 2.03. The van der Waals surface area contributed by atoms with Gasteiger partial charge in [0.05, 0.1) is 19.5 Å². The molecule has 0 N–H and O–H groups in total. The van der Waals surface area contributed by atoms with Crippen LogP contribution in [-0.2, 0) is 18.2 Å². The predicted octanol–water partition coefficient (Wildman–Crippen LogP) is 3.54. The highest BCUT2D eigenvalue weighted by Crippen LogP contribution is 2.32. The summed E-state index contributed by atoms with van der Waals surface area (Å²) in [4.78, 5) is 14.2. The van der Waals surface area contributed by atoms with Gasteiger partial charge in [0.15, 0.2) is 0 Å². The van der Waals surface area contributed by atoms with Gasteiger partial charge in [-0.1, -0.05) is 0 Å². The van der Waals surface area contributed by atoms with Crippen molar-refractivity contribution >= 4 is 11.6 Å². The Morgan fingerprint density at radius 3 is 2.67 bits per heavy atom. The van der Waals surface area contributed by atoms with Crippen LogP contribution in [0.1, 0.15) is 32.8 Å². The summed E-state index contributed by atoms with van der Waals surface area (Å²) >= 11 is 0. The number of methoxy groups -OCH3 is 1. The van der Waals surface area contributed by atoms with Crippen LogP contribution in [0.3, 0.4) is 0 Å². The minimum absolute atomic E-state index is 0.233. The second kappa shape index (κ2) is 7.66. The van der Waals surface area contributed by atoms with Gasteiger partial charge in [0.25, 0.3) is 0 Å². The molecule has 1 unspecified atom stereocenters. The minimum Gasteiger partial charge on any atom is -0.494 e. The molecule has 1 amide bonds. The van der Waals surface area contributed by atoms with E-state index in [1.54, 1.807) is 16.7 Å². The highest BCUT2D eigenvalue weighted by atomic mass is 16.6. The highest BCUT2D eigenvalue weighted by Gasteiger charge is 2.30. The molecular weight excluding hydrogens is 382 g/mol. The lowest BCUT2D eigenvalue weighted by molar-refractivity contribution is 0.0288. The van der Waals surface area contributed by atoms with Crippen LogP contribution < -0.4 is 4.74 Å². The molecule has 1 fully saturated rings. The Labute approximate surface area is 176 Å². The standard InChI is InChI=1S/C22H29N5O3/c1-22(2,3)30-21(28)26-7-6-15(12-26)8-16-10-24-27-14-17(9-19(29-5)20(16)27)18-11-23-25(4)13-18/h9-11,13-15H,6-8,12H2,1-5H3. The average molecular weight is 412 g/mol. The topological polar surface area (TPSA) is 73.9 Å². The van der Waals surface area contributed by atoms with Crippen molar-refractivity contribution in [2.75, 3.05) is 20.2 Å². The summed E-state index contributed by atoms with van der Waals surface area (Å²) < 4.78 is 14.9. The number of hydrogen-bond donors (Lipinski definition) is 0. The lowest BCUT2D eigenvalue weighted by Gasteiger charge is -2.24. The van der Waals surface area contributed by atoms with Crippen molar-refractivity contribution in [2.24, 2.45) is 13.0 Å². The van der Waals surface area contributed by atoms with E-state index in [9.17, 15) is 4.79 Å². The molecular formula is C22H29N5O3. The van der Waals surface area contributed by atoms with E-state index < -0.39 is 5.60 Å². The Hall–Kier alpha value is -3.03. The molecule has 3 aromatic heterocycles. The Morgan fingerprint density at radius 2 is 2.00 bits per heavy atom. The number of carbonyl (C=O) groups is 1. The molecule has 0 aliphatic carbocycles. The SMILES string of the molecule is COc1cc(-c2cnn(C)c2)cn2ncc(CC3CCN(C(=O)OC(C)(C)C)C3)c12. The molecule has 4 rings (SSSR count). The summed E-state index contributed by atoms with van der Waals surface area (Å²) in [6.45, 7) is 7.10. The predicted molar refractivity (Wildman–Crippen MR) is 114 cm³/mol. The van der Waals surface area contributed by atoms with Crippen LogP contribution in [0.2, 0.25) is 0 Å². The maximum atomic E-state index is 12.4. The molecule has 0 radical (unpaired) electrons. The summed E-state index contributed by atoms with van der Waals surface area (Å²) in [7, 11) is 3.58. The zero-order chi connectivity index (χ0) is 21.5. The van der Waals surface area contributed by atoms with Crippen LogP contribution in [-0.4, -0.2) is 56.2 Å². The molecule has 1 aliphatic heterocycles. The number of pyridine rings is 1. The van der Waals surface area contributed by atoms with Crippen molar-refractivity contribution in [1.82, 2.24) is 24.3 Å². The molecule has 8 nitrogen and oxygen atoms in total. The number of aryl methyl sites for hydroxylation is 1. The second-order valence-corrected chi connectivity index (χ2v) is 8.95. The molecule has 160 valence electrons. The Bertz CT molecular complexity index is 1060. The van der Waals surface area contributed by atoms with Crippen LogP contribution in [0.5, 0.6) is 5.75 Å². The molecule has 4 heterocycles. The zero-order valence-corrected chi connectivity index (χ0v) is 18.3. The summed E-state index contributed by atoms with van der Waals surface area (Å²) in [5, 5.41) is 8.82. The minimum atomic E-state index is -0.475. The van der Waals surface area contributed by atoms with E-state index in [4.69, 9.17) is 9.47 Å². The van der Waals surface area contributed by atoms with Gasteiger partial charge in [-0.05, 0) is 45.6 Å². The van der Waals surface area contributed by atoms with Gasteiger partial charge >= 0.3 is 6.09 Å². The number of hydrogen-bond acceptors (Lipinski definition) is 5. The van der Waals surface area contributed by atoms with Crippen LogP contribution >= 0.6 is 0 Å². The molecule has 30 heavy (non-hydrogen) atoms. The number of amides is 1. The van der Waals surface area contributed by atoms with Crippen molar-refractivity contribution in [3.8, 4) is 16.9 Å². The summed E-state index contributed by atoms with van der Waals surface area (Å²) in [6.07, 6.45) is 9.26. The smallest absolute Gasteiger partial charge is 0.410 e. The normalized spacial score (nSPS) is 17.0. The first-order valence-electron chi connectivity index (χ1n) is 10.2. The van der Waals surface area contributed by atoms with Gasteiger partial charge in [0, 0.05) is 49.2 Å². The molecule has 0 bridgehead atoms. The number of rotatable bonds is 4. The zero-order valence-electron chi connectivity index (χ0n) is 18.3. The molecule has 0 aromatic carbocycles. The van der Waals surface area contributed by atoms with Crippen molar-refractivity contribution in [3.05, 3.63) is 36.4 Å². The molecule has 1 saturated heterocycles. The maximum absolute atomic E-state index is 12.4. The summed E-state index contributed by atoms with van der Waals surface area (Å²) in [5.74, 6) is 1.15. The van der Waals surface area contributed by atoms with Crippen LogP contribution in [0, 0.1) is 5.92 Å². The van der Waals surface area contributed by atoms with Crippen molar-refractivity contribution in [1.29, 1.82) is 0 Å². The first-order valence-corrected chi connectivity index (χ1v) is 10.2. The molecule has 1 aliphatic rings. The monoisotopic (exact) mass is 411 g/mol. The van der Waals surface area contributed by atoms with Gasteiger partial charge in [-0.2, -0.15) is 10.2 Å². The van der Waals surface area contributed by atoms with Gasteiger partial charge in [0.1, 0.15) is 16.9 Å². The maximum Gasteiger partial charge on any atom is 0.410 e. The molecule has 0 spiro atoms. The molecule has 0 saturated carbocycles. The van der Waals surface area contributed by atoms with E-state index in [-0.39, 0.29) is 6.09 Å². The average Bonchev–Trinajstić information content (AvgIpc) is 3.40. The Balaban J connectivity index is 1.53. The van der Waals surface area contributed by atoms with E-state index in [2.05, 4.69) is 10.2 Å². The lowest BCUT2D eigenvalue weighted by Crippen LogP contribution is -2.35. The van der Waals surface area contributed by atoms with E-state index in [0.29, 0.717) is 12.5 Å². The van der Waals surface area contributed by atoms with E-state index in [1.807, 2.05) is 63.2 Å². The van der Waals surface area contributed by atoms with Gasteiger partial charge in [-0.25, -0.2) is 9.31 Å². The highest BCUT2D eigenvalue weighted by molar-refractivity contribution is 5.73. The van der Waals surface area contributed by atoms with Crippen LogP contribution in [0.25, 0.3) is 16.6 Å². The third-order valence-corrected chi connectivity index (χ3v) is 5.36. The number of likely N-dealkylation sites (tertiary alicyclic amines) is 1. The third-order valence-electron chi connectivity index (χ3n) is 5.36. The second-order valence-electron chi connectivity index (χ2n) is 8.95. The fourth-order valence-electron chi connectivity index (χ4n) is 3.98. The number of nitrogens with zero attached hydrogens (tertiary/aromatic N) is 5. The van der Waals surface area contributed by atoms with E-state index in [0.717, 1.165) is 47.3 Å². The fourth-order valence-corrected chi connectivity index (χ4v) is 3.98. The van der Waals surface area contributed by atoms with Gasteiger partial charge in [0.2, 0.25) is 0 Å². The first kappa shape index (κ1) is 20.3. The third kappa shape index (κ3) is 4.13. The van der Waals surface area contributed by atoms with E-state index in [1.165, 1.54) is 0 Å². The van der Waals surface area contributed by atoms with Crippen molar-refractivity contribution in [3.63, 3.8) is 0 Å². The van der Waals surface area contributed by atoms with E-state index >= 15 is 0 Å². The first-order chi connectivity index (χ1) is 14.2. The largest absolute Gasteiger partial charge is 0.494 e. The van der Waals surface area contributed by atoms with Gasteiger partial charge in [-0.3, -0.25) is 4.68 Å². The number of fused-ring (bicyclic) bond motifs is 1. The Kier molecular flexibility index (Phi) is 5.17. The number of aromatic nitrogens is 4.